The molecule has 0 spiro atoms. The monoisotopic (exact) mass is 402 g/mol. The maximum absolute atomic E-state index is 13.0. The van der Waals surface area contributed by atoms with Crippen LogP contribution in [-0.4, -0.2) is 26.0 Å². The van der Waals surface area contributed by atoms with Gasteiger partial charge in [0.2, 0.25) is 0 Å². The summed E-state index contributed by atoms with van der Waals surface area (Å²) in [4.78, 5) is 14.2. The van der Waals surface area contributed by atoms with Gasteiger partial charge in [0.25, 0.3) is 15.9 Å². The highest BCUT2D eigenvalue weighted by Crippen LogP contribution is 2.40. The van der Waals surface area contributed by atoms with Crippen LogP contribution in [0.25, 0.3) is 10.8 Å². The van der Waals surface area contributed by atoms with Gasteiger partial charge >= 0.3 is 0 Å². The zero-order valence-electron chi connectivity index (χ0n) is 14.2. The standard InChI is InChI=1S/C19H15ClN2O4S/c1-2-22-15-7-9-17(12-4-3-5-13(18(12)15)19(22)24)27(25,26)21-14-10-11(20)6-8-16(14)23/h3-10,21,23H,2H2,1H3. The van der Waals surface area contributed by atoms with Crippen molar-refractivity contribution in [2.24, 2.45) is 0 Å². The number of rotatable bonds is 4. The van der Waals surface area contributed by atoms with Crippen molar-refractivity contribution in [2.75, 3.05) is 16.2 Å². The Bertz CT molecular complexity index is 1210. The SMILES string of the molecule is CCN1C(=O)c2cccc3c(S(=O)(=O)Nc4cc(Cl)ccc4O)ccc1c23. The topological polar surface area (TPSA) is 86.7 Å². The molecule has 2 N–H and O–H groups in total. The van der Waals surface area contributed by atoms with Crippen LogP contribution < -0.4 is 9.62 Å². The molecule has 0 bridgehead atoms. The van der Waals surface area contributed by atoms with Crippen molar-refractivity contribution in [3.63, 3.8) is 0 Å². The fourth-order valence-electron chi connectivity index (χ4n) is 3.36. The molecule has 1 aliphatic rings. The fourth-order valence-corrected chi connectivity index (χ4v) is 4.80. The van der Waals surface area contributed by atoms with E-state index >= 15 is 0 Å². The lowest BCUT2D eigenvalue weighted by Gasteiger charge is -2.16. The summed E-state index contributed by atoms with van der Waals surface area (Å²) in [5.41, 5.74) is 1.15. The predicted octanol–water partition coefficient (Wildman–Crippen LogP) is 3.98. The Morgan fingerprint density at radius 2 is 1.93 bits per heavy atom. The Kier molecular flexibility index (Phi) is 4.01. The maximum Gasteiger partial charge on any atom is 0.262 e. The van der Waals surface area contributed by atoms with Crippen molar-refractivity contribution in [3.05, 3.63) is 59.1 Å². The first-order chi connectivity index (χ1) is 12.8. The van der Waals surface area contributed by atoms with Gasteiger partial charge in [-0.15, -0.1) is 0 Å². The van der Waals surface area contributed by atoms with Crippen LogP contribution in [0, 0.1) is 0 Å². The van der Waals surface area contributed by atoms with Gasteiger partial charge in [-0.1, -0.05) is 23.7 Å². The van der Waals surface area contributed by atoms with E-state index in [1.165, 1.54) is 24.3 Å². The second-order valence-corrected chi connectivity index (χ2v) is 8.21. The molecular formula is C19H15ClN2O4S. The maximum atomic E-state index is 13.0. The third-order valence-electron chi connectivity index (χ3n) is 4.55. The summed E-state index contributed by atoms with van der Waals surface area (Å²) in [6.45, 7) is 2.35. The minimum absolute atomic E-state index is 0.0167. The number of phenols is 1. The third kappa shape index (κ3) is 2.70. The molecule has 0 unspecified atom stereocenters. The molecule has 0 saturated carbocycles. The van der Waals surface area contributed by atoms with Gasteiger partial charge in [0, 0.05) is 27.9 Å². The van der Waals surface area contributed by atoms with Crippen LogP contribution in [0.5, 0.6) is 5.75 Å². The van der Waals surface area contributed by atoms with Crippen molar-refractivity contribution in [1.29, 1.82) is 0 Å². The molecule has 3 aromatic rings. The molecule has 0 aromatic heterocycles. The molecule has 0 saturated heterocycles. The lowest BCUT2D eigenvalue weighted by Crippen LogP contribution is -2.25. The van der Waals surface area contributed by atoms with E-state index < -0.39 is 10.0 Å². The van der Waals surface area contributed by atoms with Crippen LogP contribution in [-0.2, 0) is 10.0 Å². The van der Waals surface area contributed by atoms with E-state index in [0.29, 0.717) is 28.6 Å². The quantitative estimate of drug-likeness (QED) is 0.646. The number of hydrogen-bond acceptors (Lipinski definition) is 4. The second kappa shape index (κ2) is 6.14. The summed E-state index contributed by atoms with van der Waals surface area (Å²) < 4.78 is 28.4. The molecule has 0 aliphatic carbocycles. The molecule has 27 heavy (non-hydrogen) atoms. The summed E-state index contributed by atoms with van der Waals surface area (Å²) in [6.07, 6.45) is 0. The van der Waals surface area contributed by atoms with E-state index in [4.69, 9.17) is 11.6 Å². The van der Waals surface area contributed by atoms with Crippen LogP contribution in [0.15, 0.2) is 53.4 Å². The van der Waals surface area contributed by atoms with E-state index in [0.717, 1.165) is 0 Å². The molecule has 138 valence electrons. The average molecular weight is 403 g/mol. The Labute approximate surface area is 161 Å². The molecule has 8 heteroatoms. The third-order valence-corrected chi connectivity index (χ3v) is 6.21. The van der Waals surface area contributed by atoms with Gasteiger partial charge in [0.15, 0.2) is 0 Å². The van der Waals surface area contributed by atoms with E-state index in [2.05, 4.69) is 4.72 Å². The first-order valence-electron chi connectivity index (χ1n) is 8.22. The Morgan fingerprint density at radius 1 is 1.15 bits per heavy atom. The molecule has 4 rings (SSSR count). The van der Waals surface area contributed by atoms with Gasteiger partial charge in [-0.25, -0.2) is 8.42 Å². The van der Waals surface area contributed by atoms with E-state index in [1.807, 2.05) is 6.92 Å². The Hall–Kier alpha value is -2.77. The van der Waals surface area contributed by atoms with Gasteiger partial charge < -0.3 is 10.0 Å². The number of anilines is 2. The molecule has 0 radical (unpaired) electrons. The number of nitrogens with zero attached hydrogens (tertiary/aromatic N) is 1. The van der Waals surface area contributed by atoms with Gasteiger partial charge in [0.05, 0.1) is 16.3 Å². The first kappa shape index (κ1) is 17.6. The lowest BCUT2D eigenvalue weighted by atomic mass is 10.1. The molecule has 1 amide bonds. The van der Waals surface area contributed by atoms with Gasteiger partial charge in [0.1, 0.15) is 5.75 Å². The Morgan fingerprint density at radius 3 is 2.67 bits per heavy atom. The number of carbonyl (C=O) groups excluding carboxylic acids is 1. The van der Waals surface area contributed by atoms with Crippen LogP contribution >= 0.6 is 11.6 Å². The van der Waals surface area contributed by atoms with Gasteiger partial charge in [-0.05, 0) is 43.3 Å². The summed E-state index contributed by atoms with van der Waals surface area (Å²) >= 11 is 5.90. The summed E-state index contributed by atoms with van der Waals surface area (Å²) in [5.74, 6) is -0.380. The zero-order chi connectivity index (χ0) is 19.3. The average Bonchev–Trinajstić information content (AvgIpc) is 2.91. The molecule has 0 atom stereocenters. The number of phenolic OH excluding ortho intramolecular Hbond substituents is 1. The van der Waals surface area contributed by atoms with Crippen molar-refractivity contribution >= 4 is 49.7 Å². The van der Waals surface area contributed by atoms with Crippen LogP contribution in [0.3, 0.4) is 0 Å². The van der Waals surface area contributed by atoms with E-state index in [9.17, 15) is 18.3 Å². The number of aromatic hydroxyl groups is 1. The van der Waals surface area contributed by atoms with Crippen LogP contribution in [0.2, 0.25) is 5.02 Å². The smallest absolute Gasteiger partial charge is 0.262 e. The van der Waals surface area contributed by atoms with Gasteiger partial charge in [-0.3, -0.25) is 9.52 Å². The number of benzene rings is 3. The minimum Gasteiger partial charge on any atom is -0.506 e. The highest BCUT2D eigenvalue weighted by Gasteiger charge is 2.31. The Balaban J connectivity index is 1.89. The highest BCUT2D eigenvalue weighted by molar-refractivity contribution is 7.93. The molecule has 0 fully saturated rings. The first-order valence-corrected chi connectivity index (χ1v) is 10.1. The molecule has 3 aromatic carbocycles. The number of nitrogens with one attached hydrogen (secondary N) is 1. The highest BCUT2D eigenvalue weighted by atomic mass is 35.5. The number of sulfonamides is 1. The number of carbonyl (C=O) groups is 1. The van der Waals surface area contributed by atoms with Crippen molar-refractivity contribution in [2.45, 2.75) is 11.8 Å². The van der Waals surface area contributed by atoms with E-state index in [1.54, 1.807) is 29.2 Å². The normalized spacial score (nSPS) is 13.4. The number of halogens is 1. The molecular weight excluding hydrogens is 388 g/mol. The molecule has 1 heterocycles. The number of hydrogen-bond donors (Lipinski definition) is 2. The summed E-state index contributed by atoms with van der Waals surface area (Å²) in [5, 5.41) is 11.3. The zero-order valence-corrected chi connectivity index (χ0v) is 15.8. The van der Waals surface area contributed by atoms with Crippen molar-refractivity contribution in [1.82, 2.24) is 0 Å². The van der Waals surface area contributed by atoms with Crippen LogP contribution in [0.1, 0.15) is 17.3 Å². The van der Waals surface area contributed by atoms with Crippen LogP contribution in [0.4, 0.5) is 11.4 Å². The lowest BCUT2D eigenvalue weighted by molar-refractivity contribution is 0.0994. The van der Waals surface area contributed by atoms with Crippen molar-refractivity contribution < 1.29 is 18.3 Å². The fraction of sp³-hybridized carbons (Fsp3) is 0.105. The van der Waals surface area contributed by atoms with E-state index in [-0.39, 0.29) is 27.3 Å². The second-order valence-electron chi connectivity index (χ2n) is 6.13. The predicted molar refractivity (Wildman–Crippen MR) is 105 cm³/mol. The van der Waals surface area contributed by atoms with Gasteiger partial charge in [-0.2, -0.15) is 0 Å². The summed E-state index contributed by atoms with van der Waals surface area (Å²) in [7, 11) is -4.03. The minimum atomic E-state index is -4.03. The summed E-state index contributed by atoms with van der Waals surface area (Å²) in [6, 6.07) is 12.2. The van der Waals surface area contributed by atoms with Crippen molar-refractivity contribution in [3.8, 4) is 5.75 Å². The molecule has 1 aliphatic heterocycles. The largest absolute Gasteiger partial charge is 0.506 e. The molecule has 6 nitrogen and oxygen atoms in total. The number of amides is 1.